The summed E-state index contributed by atoms with van der Waals surface area (Å²) in [7, 11) is 1.64. The molecule has 0 bridgehead atoms. The van der Waals surface area contributed by atoms with Gasteiger partial charge in [0.1, 0.15) is 22.3 Å². The number of fused-ring (bicyclic) bond motifs is 1. The summed E-state index contributed by atoms with van der Waals surface area (Å²) < 4.78 is 5.55. The number of Topliss-reactive ketones (excluding diaryl/α,β-unsaturated/α-hetero) is 1. The predicted octanol–water partition coefficient (Wildman–Crippen LogP) is 3.41. The molecule has 32 heavy (non-hydrogen) atoms. The molecule has 8 nitrogen and oxygen atoms in total. The summed E-state index contributed by atoms with van der Waals surface area (Å²) in [6.07, 6.45) is 6.76. The van der Waals surface area contributed by atoms with E-state index in [-0.39, 0.29) is 34.5 Å². The quantitative estimate of drug-likeness (QED) is 0.530. The fraction of sp³-hybridized carbons (Fsp3) is 0.478. The number of methoxy groups -OCH3 is 1. The van der Waals surface area contributed by atoms with E-state index in [0.29, 0.717) is 24.5 Å². The Morgan fingerprint density at radius 3 is 2.69 bits per heavy atom. The lowest BCUT2D eigenvalue weighted by Gasteiger charge is -2.32. The second-order valence-corrected chi connectivity index (χ2v) is 8.92. The molecule has 170 valence electrons. The minimum atomic E-state index is -0.250. The Hall–Kier alpha value is -2.71. The van der Waals surface area contributed by atoms with Gasteiger partial charge in [0, 0.05) is 29.4 Å². The maximum Gasteiger partial charge on any atom is 0.223 e. The summed E-state index contributed by atoms with van der Waals surface area (Å²) in [5.41, 5.74) is 9.50. The number of hydrogen-bond acceptors (Lipinski definition) is 8. The third-order valence-electron chi connectivity index (χ3n) is 6.31. The van der Waals surface area contributed by atoms with Crippen LogP contribution in [-0.4, -0.2) is 45.6 Å². The predicted molar refractivity (Wildman–Crippen MR) is 123 cm³/mol. The Balaban J connectivity index is 1.73. The number of anilines is 2. The lowest BCUT2D eigenvalue weighted by molar-refractivity contribution is 0.102. The summed E-state index contributed by atoms with van der Waals surface area (Å²) in [6.45, 7) is 4.70. The first-order chi connectivity index (χ1) is 15.3. The van der Waals surface area contributed by atoms with Gasteiger partial charge >= 0.3 is 0 Å². The highest BCUT2D eigenvalue weighted by Crippen LogP contribution is 2.36. The molecular formula is C23H28ClN5O3. The van der Waals surface area contributed by atoms with Gasteiger partial charge in [-0.2, -0.15) is 4.98 Å². The maximum absolute atomic E-state index is 13.3. The highest BCUT2D eigenvalue weighted by atomic mass is 35.5. The number of rotatable bonds is 4. The van der Waals surface area contributed by atoms with E-state index in [1.165, 1.54) is 0 Å². The van der Waals surface area contributed by atoms with Gasteiger partial charge in [0.2, 0.25) is 5.95 Å². The van der Waals surface area contributed by atoms with Crippen molar-refractivity contribution in [2.45, 2.75) is 52.2 Å². The van der Waals surface area contributed by atoms with Crippen molar-refractivity contribution in [1.29, 1.82) is 0 Å². The fourth-order valence-corrected chi connectivity index (χ4v) is 4.86. The van der Waals surface area contributed by atoms with Crippen LogP contribution < -0.4 is 15.4 Å². The van der Waals surface area contributed by atoms with Crippen LogP contribution in [0.1, 0.15) is 52.9 Å². The van der Waals surface area contributed by atoms with E-state index < -0.39 is 0 Å². The molecule has 0 radical (unpaired) electrons. The fourth-order valence-electron chi connectivity index (χ4n) is 4.60. The molecule has 2 aromatic heterocycles. The van der Waals surface area contributed by atoms with Crippen LogP contribution in [0.25, 0.3) is 0 Å². The smallest absolute Gasteiger partial charge is 0.223 e. The van der Waals surface area contributed by atoms with E-state index in [4.69, 9.17) is 22.1 Å². The average molecular weight is 458 g/mol. The van der Waals surface area contributed by atoms with Gasteiger partial charge < -0.3 is 20.5 Å². The van der Waals surface area contributed by atoms with Crippen molar-refractivity contribution in [1.82, 2.24) is 15.0 Å². The van der Waals surface area contributed by atoms with Gasteiger partial charge in [-0.05, 0) is 45.4 Å². The van der Waals surface area contributed by atoms with Gasteiger partial charge in [-0.1, -0.05) is 17.7 Å². The third-order valence-corrected chi connectivity index (χ3v) is 6.58. The van der Waals surface area contributed by atoms with E-state index in [9.17, 15) is 9.90 Å². The summed E-state index contributed by atoms with van der Waals surface area (Å²) in [4.78, 5) is 28.2. The molecule has 1 aliphatic heterocycles. The van der Waals surface area contributed by atoms with Crippen LogP contribution >= 0.6 is 11.6 Å². The molecule has 0 atom stereocenters. The molecule has 0 amide bonds. The van der Waals surface area contributed by atoms with E-state index in [1.807, 2.05) is 24.8 Å². The summed E-state index contributed by atoms with van der Waals surface area (Å²) in [5.74, 6) is 1.31. The van der Waals surface area contributed by atoms with Crippen molar-refractivity contribution in [3.63, 3.8) is 0 Å². The van der Waals surface area contributed by atoms with E-state index >= 15 is 0 Å². The van der Waals surface area contributed by atoms with Crippen LogP contribution in [-0.2, 0) is 6.54 Å². The molecule has 1 saturated carbocycles. The molecule has 3 N–H and O–H groups in total. The van der Waals surface area contributed by atoms with Crippen LogP contribution in [0.15, 0.2) is 17.8 Å². The van der Waals surface area contributed by atoms with E-state index in [2.05, 4.69) is 15.0 Å². The van der Waals surface area contributed by atoms with Crippen LogP contribution in [0.3, 0.4) is 0 Å². The molecule has 2 aromatic rings. The molecule has 1 aliphatic carbocycles. The SMILES string of the molecule is COc1c(C)cnc(CN2C/C(=C\C3CCC(O)CC3)C(=O)c3c(Cl)nc(N)nc32)c1C. The summed E-state index contributed by atoms with van der Waals surface area (Å²) >= 11 is 6.36. The zero-order valence-corrected chi connectivity index (χ0v) is 19.3. The second kappa shape index (κ2) is 9.03. The van der Waals surface area contributed by atoms with Crippen molar-refractivity contribution in [2.75, 3.05) is 24.3 Å². The van der Waals surface area contributed by atoms with Crippen LogP contribution in [0.5, 0.6) is 5.75 Å². The standard InChI is InChI=1S/C23H28ClN5O3/c1-12-9-26-17(13(2)20(12)32-3)11-29-10-15(8-14-4-6-16(30)7-5-14)19(31)18-21(24)27-23(25)28-22(18)29/h8-9,14,16,30H,4-7,10-11H2,1-3H3,(H2,25,27,28)/b15-8+. The molecule has 3 heterocycles. The number of nitrogens with two attached hydrogens (primary N) is 1. The zero-order valence-electron chi connectivity index (χ0n) is 18.6. The number of aryl methyl sites for hydroxylation is 1. The van der Waals surface area contributed by atoms with Gasteiger partial charge in [-0.15, -0.1) is 0 Å². The number of nitrogens with zero attached hydrogens (tertiary/aromatic N) is 4. The molecular weight excluding hydrogens is 430 g/mol. The Kier molecular flexibility index (Phi) is 6.35. The highest BCUT2D eigenvalue weighted by Gasteiger charge is 2.33. The number of hydrogen-bond donors (Lipinski definition) is 2. The van der Waals surface area contributed by atoms with Gasteiger partial charge in [0.15, 0.2) is 5.78 Å². The first-order valence-electron chi connectivity index (χ1n) is 10.8. The molecule has 1 fully saturated rings. The number of ketones is 1. The number of nitrogen functional groups attached to an aromatic ring is 1. The van der Waals surface area contributed by atoms with Crippen molar-refractivity contribution < 1.29 is 14.6 Å². The summed E-state index contributed by atoms with van der Waals surface area (Å²) in [6, 6.07) is 0. The number of carbonyl (C=O) groups excluding carboxylic acids is 1. The van der Waals surface area contributed by atoms with Crippen LogP contribution in [0, 0.1) is 19.8 Å². The number of halogens is 1. The minimum Gasteiger partial charge on any atom is -0.496 e. The molecule has 0 aromatic carbocycles. The van der Waals surface area contributed by atoms with Gasteiger partial charge in [0.25, 0.3) is 0 Å². The number of aliphatic hydroxyl groups is 1. The van der Waals surface area contributed by atoms with E-state index in [1.54, 1.807) is 13.3 Å². The van der Waals surface area contributed by atoms with Crippen molar-refractivity contribution >= 4 is 29.2 Å². The largest absolute Gasteiger partial charge is 0.496 e. The normalized spacial score (nSPS) is 22.2. The Bertz CT molecular complexity index is 1080. The third kappa shape index (κ3) is 4.29. The van der Waals surface area contributed by atoms with Gasteiger partial charge in [0.05, 0.1) is 25.5 Å². The number of aliphatic hydroxyl groups excluding tert-OH is 1. The zero-order chi connectivity index (χ0) is 23.0. The maximum atomic E-state index is 13.3. The lowest BCUT2D eigenvalue weighted by Crippen LogP contribution is -2.36. The van der Waals surface area contributed by atoms with Gasteiger partial charge in [-0.25, -0.2) is 4.98 Å². The Morgan fingerprint density at radius 1 is 1.28 bits per heavy atom. The monoisotopic (exact) mass is 457 g/mol. The molecule has 0 unspecified atom stereocenters. The lowest BCUT2D eigenvalue weighted by atomic mass is 9.84. The molecule has 0 spiro atoms. The van der Waals surface area contributed by atoms with Crippen LogP contribution in [0.2, 0.25) is 5.15 Å². The average Bonchev–Trinajstić information content (AvgIpc) is 2.74. The first-order valence-corrected chi connectivity index (χ1v) is 11.2. The second-order valence-electron chi connectivity index (χ2n) is 8.56. The van der Waals surface area contributed by atoms with Crippen molar-refractivity contribution in [3.8, 4) is 5.75 Å². The summed E-state index contributed by atoms with van der Waals surface area (Å²) in [5, 5.41) is 9.87. The number of carbonyl (C=O) groups is 1. The number of allylic oxidation sites excluding steroid dienone is 1. The van der Waals surface area contributed by atoms with Crippen LogP contribution in [0.4, 0.5) is 11.8 Å². The molecule has 9 heteroatoms. The van der Waals surface area contributed by atoms with E-state index in [0.717, 1.165) is 48.3 Å². The Labute approximate surface area is 192 Å². The van der Waals surface area contributed by atoms with Gasteiger partial charge in [-0.3, -0.25) is 9.78 Å². The molecule has 4 rings (SSSR count). The highest BCUT2D eigenvalue weighted by molar-refractivity contribution is 6.35. The molecule has 0 saturated heterocycles. The number of pyridine rings is 1. The van der Waals surface area contributed by atoms with Crippen molar-refractivity contribution in [3.05, 3.63) is 45.4 Å². The Morgan fingerprint density at radius 2 is 2.00 bits per heavy atom. The minimum absolute atomic E-state index is 0.0198. The molecule has 2 aliphatic rings. The van der Waals surface area contributed by atoms with Crippen molar-refractivity contribution in [2.24, 2.45) is 5.92 Å². The first kappa shape index (κ1) is 22.5. The topological polar surface area (TPSA) is 114 Å². The number of ether oxygens (including phenoxy) is 1. The number of aromatic nitrogens is 3.